The number of hydrogen-bond acceptors (Lipinski definition) is 4. The number of likely N-dealkylation sites (N-methyl/N-ethyl adjacent to an activating group) is 1. The third-order valence-corrected chi connectivity index (χ3v) is 5.08. The second-order valence-corrected chi connectivity index (χ2v) is 6.39. The Balaban J connectivity index is 1.81. The summed E-state index contributed by atoms with van der Waals surface area (Å²) in [7, 11) is 5.63. The molecule has 1 amide bonds. The lowest BCUT2D eigenvalue weighted by Gasteiger charge is -2.25. The molecule has 8 heteroatoms. The van der Waals surface area contributed by atoms with Gasteiger partial charge in [0.05, 0.1) is 25.0 Å². The van der Waals surface area contributed by atoms with Crippen LogP contribution in [0.25, 0.3) is 0 Å². The minimum atomic E-state index is -0.0214. The lowest BCUT2D eigenvalue weighted by molar-refractivity contribution is -0.127. The first-order chi connectivity index (χ1) is 10.9. The van der Waals surface area contributed by atoms with Crippen molar-refractivity contribution in [1.29, 1.82) is 0 Å². The summed E-state index contributed by atoms with van der Waals surface area (Å²) in [4.78, 5) is 18.3. The topological polar surface area (TPSA) is 68.0 Å². The quantitative estimate of drug-likeness (QED) is 0.910. The van der Waals surface area contributed by atoms with E-state index in [0.29, 0.717) is 18.1 Å². The summed E-state index contributed by atoms with van der Waals surface area (Å²) in [6.07, 6.45) is 3.95. The van der Waals surface area contributed by atoms with Crippen molar-refractivity contribution in [2.45, 2.75) is 32.0 Å². The van der Waals surface area contributed by atoms with Crippen LogP contribution in [0.4, 0.5) is 0 Å². The monoisotopic (exact) mass is 336 g/mol. The molecule has 23 heavy (non-hydrogen) atoms. The van der Waals surface area contributed by atoms with Gasteiger partial charge in [-0.25, -0.2) is 4.98 Å². The van der Waals surface area contributed by atoms with Crippen LogP contribution in [-0.2, 0) is 25.4 Å². The van der Waals surface area contributed by atoms with Gasteiger partial charge in [0, 0.05) is 44.9 Å². The van der Waals surface area contributed by atoms with E-state index in [1.54, 1.807) is 11.1 Å². The number of carbonyl (C=O) groups is 1. The average Bonchev–Trinajstić information content (AvgIpc) is 3.11. The van der Waals surface area contributed by atoms with Gasteiger partial charge in [0.15, 0.2) is 0 Å². The Labute approximate surface area is 140 Å². The van der Waals surface area contributed by atoms with E-state index in [4.69, 9.17) is 11.6 Å². The zero-order valence-electron chi connectivity index (χ0n) is 13.7. The van der Waals surface area contributed by atoms with Crippen molar-refractivity contribution in [2.75, 3.05) is 7.05 Å². The van der Waals surface area contributed by atoms with Crippen LogP contribution in [0.3, 0.4) is 0 Å². The fourth-order valence-corrected chi connectivity index (χ4v) is 3.24. The van der Waals surface area contributed by atoms with Gasteiger partial charge < -0.3 is 14.8 Å². The first kappa shape index (κ1) is 16.0. The summed E-state index contributed by atoms with van der Waals surface area (Å²) in [5.74, 6) is 0.979. The summed E-state index contributed by atoms with van der Waals surface area (Å²) >= 11 is 6.02. The minimum Gasteiger partial charge on any atom is -0.337 e. The fourth-order valence-electron chi connectivity index (χ4n) is 3.09. The summed E-state index contributed by atoms with van der Waals surface area (Å²) in [5, 5.41) is 8.36. The third-order valence-electron chi connectivity index (χ3n) is 4.73. The maximum Gasteiger partial charge on any atom is 0.224 e. The van der Waals surface area contributed by atoms with Crippen molar-refractivity contribution >= 4 is 17.5 Å². The molecule has 1 aliphatic rings. The smallest absolute Gasteiger partial charge is 0.224 e. The molecule has 7 nitrogen and oxygen atoms in total. The van der Waals surface area contributed by atoms with E-state index in [0.717, 1.165) is 17.1 Å². The Morgan fingerprint density at radius 1 is 1.35 bits per heavy atom. The molecular formula is C15H21ClN6O. The molecule has 1 fully saturated rings. The minimum absolute atomic E-state index is 0.0193. The van der Waals surface area contributed by atoms with Crippen LogP contribution in [-0.4, -0.2) is 43.2 Å². The molecule has 0 spiro atoms. The van der Waals surface area contributed by atoms with E-state index in [1.807, 2.05) is 43.5 Å². The Kier molecular flexibility index (Phi) is 4.16. The standard InChI is InChI=1S/C15H21ClN6O/c1-9-10(6-19-22(9)4)15-11(5-14(23)21(15)3)17-8-13-18-7-12(16)20(13)2/h6-7,11,15,17H,5,8H2,1-4H3/t11-,15+/m1/s1. The van der Waals surface area contributed by atoms with E-state index < -0.39 is 0 Å². The molecule has 0 radical (unpaired) electrons. The Bertz CT molecular complexity index is 736. The molecular weight excluding hydrogens is 316 g/mol. The van der Waals surface area contributed by atoms with E-state index in [-0.39, 0.29) is 18.0 Å². The molecule has 3 heterocycles. The second-order valence-electron chi connectivity index (χ2n) is 6.01. The highest BCUT2D eigenvalue weighted by Crippen LogP contribution is 2.33. The van der Waals surface area contributed by atoms with Crippen molar-refractivity contribution in [3.8, 4) is 0 Å². The van der Waals surface area contributed by atoms with Crippen LogP contribution in [0.1, 0.15) is 29.5 Å². The second kappa shape index (κ2) is 5.98. The number of amides is 1. The lowest BCUT2D eigenvalue weighted by Crippen LogP contribution is -2.35. The molecule has 2 atom stereocenters. The molecule has 0 unspecified atom stereocenters. The van der Waals surface area contributed by atoms with Gasteiger partial charge in [-0.3, -0.25) is 9.48 Å². The summed E-state index contributed by atoms with van der Waals surface area (Å²) in [6, 6.07) is -0.00202. The molecule has 2 aromatic heterocycles. The van der Waals surface area contributed by atoms with Crippen molar-refractivity contribution in [2.24, 2.45) is 14.1 Å². The van der Waals surface area contributed by atoms with E-state index in [2.05, 4.69) is 15.4 Å². The van der Waals surface area contributed by atoms with Crippen LogP contribution < -0.4 is 5.32 Å². The molecule has 1 N–H and O–H groups in total. The molecule has 0 aromatic carbocycles. The number of halogens is 1. The maximum atomic E-state index is 12.2. The van der Waals surface area contributed by atoms with Gasteiger partial charge in [0.2, 0.25) is 5.91 Å². The summed E-state index contributed by atoms with van der Waals surface area (Å²) < 4.78 is 3.67. The van der Waals surface area contributed by atoms with Gasteiger partial charge in [-0.1, -0.05) is 11.6 Å². The highest BCUT2D eigenvalue weighted by molar-refractivity contribution is 6.29. The molecule has 1 saturated heterocycles. The number of aromatic nitrogens is 4. The van der Waals surface area contributed by atoms with Crippen molar-refractivity contribution in [1.82, 2.24) is 29.5 Å². The van der Waals surface area contributed by atoms with Gasteiger partial charge in [-0.05, 0) is 6.92 Å². The predicted molar refractivity (Wildman–Crippen MR) is 86.9 cm³/mol. The first-order valence-electron chi connectivity index (χ1n) is 7.53. The van der Waals surface area contributed by atoms with Gasteiger partial charge in [0.1, 0.15) is 11.0 Å². The average molecular weight is 337 g/mol. The van der Waals surface area contributed by atoms with Crippen LogP contribution in [0.2, 0.25) is 5.15 Å². The summed E-state index contributed by atoms with van der Waals surface area (Å²) in [6.45, 7) is 2.58. The lowest BCUT2D eigenvalue weighted by atomic mass is 10.0. The molecule has 1 aliphatic heterocycles. The molecule has 0 bridgehead atoms. The fraction of sp³-hybridized carbons (Fsp3) is 0.533. The highest BCUT2D eigenvalue weighted by atomic mass is 35.5. The van der Waals surface area contributed by atoms with Crippen LogP contribution in [0.15, 0.2) is 12.4 Å². The summed E-state index contributed by atoms with van der Waals surface area (Å²) in [5.41, 5.74) is 2.15. The van der Waals surface area contributed by atoms with Crippen LogP contribution in [0, 0.1) is 6.92 Å². The molecule has 3 rings (SSSR count). The van der Waals surface area contributed by atoms with Gasteiger partial charge in [-0.2, -0.15) is 5.10 Å². The third kappa shape index (κ3) is 2.74. The molecule has 124 valence electrons. The number of nitrogens with one attached hydrogen (secondary N) is 1. The zero-order chi connectivity index (χ0) is 16.7. The maximum absolute atomic E-state index is 12.2. The number of carbonyl (C=O) groups excluding carboxylic acids is 1. The number of aryl methyl sites for hydroxylation is 1. The van der Waals surface area contributed by atoms with Crippen LogP contribution in [0.5, 0.6) is 0 Å². The number of imidazole rings is 1. The zero-order valence-corrected chi connectivity index (χ0v) is 14.5. The number of nitrogens with zero attached hydrogens (tertiary/aromatic N) is 5. The largest absolute Gasteiger partial charge is 0.337 e. The molecule has 2 aromatic rings. The van der Waals surface area contributed by atoms with Gasteiger partial charge >= 0.3 is 0 Å². The molecule has 0 aliphatic carbocycles. The number of hydrogen-bond donors (Lipinski definition) is 1. The van der Waals surface area contributed by atoms with E-state index in [9.17, 15) is 4.79 Å². The Morgan fingerprint density at radius 3 is 2.65 bits per heavy atom. The number of likely N-dealkylation sites (tertiary alicyclic amines) is 1. The SMILES string of the molecule is Cc1c([C@H]2[C@H](NCc3ncc(Cl)n3C)CC(=O)N2C)cnn1C. The number of rotatable bonds is 4. The van der Waals surface area contributed by atoms with Crippen LogP contribution >= 0.6 is 11.6 Å². The van der Waals surface area contributed by atoms with Gasteiger partial charge in [0.25, 0.3) is 0 Å². The highest BCUT2D eigenvalue weighted by Gasteiger charge is 2.39. The molecule has 0 saturated carbocycles. The van der Waals surface area contributed by atoms with Crippen molar-refractivity contribution in [3.63, 3.8) is 0 Å². The van der Waals surface area contributed by atoms with Crippen molar-refractivity contribution < 1.29 is 4.79 Å². The van der Waals surface area contributed by atoms with E-state index >= 15 is 0 Å². The normalized spacial score (nSPS) is 21.4. The Hall–Kier alpha value is -1.86. The predicted octanol–water partition coefficient (Wildman–Crippen LogP) is 1.18. The van der Waals surface area contributed by atoms with Gasteiger partial charge in [-0.15, -0.1) is 0 Å². The Morgan fingerprint density at radius 2 is 2.09 bits per heavy atom. The first-order valence-corrected chi connectivity index (χ1v) is 7.91. The van der Waals surface area contributed by atoms with E-state index in [1.165, 1.54) is 0 Å². The van der Waals surface area contributed by atoms with Crippen molar-refractivity contribution in [3.05, 3.63) is 34.6 Å².